The summed E-state index contributed by atoms with van der Waals surface area (Å²) in [5, 5.41) is 51.1. The first-order chi connectivity index (χ1) is 15.2. The number of hydrogen-bond acceptors (Lipinski definition) is 12. The fraction of sp³-hybridized carbons (Fsp3) is 0.125. The molecule has 0 amide bonds. The van der Waals surface area contributed by atoms with Crippen molar-refractivity contribution in [2.24, 2.45) is 10.2 Å². The second-order valence-electron chi connectivity index (χ2n) is 5.86. The van der Waals surface area contributed by atoms with E-state index in [1.807, 2.05) is 0 Å². The van der Waals surface area contributed by atoms with Gasteiger partial charge in [0.1, 0.15) is 11.4 Å². The van der Waals surface area contributed by atoms with Gasteiger partial charge in [-0.2, -0.15) is 10.2 Å². The molecule has 0 saturated heterocycles. The largest absolute Gasteiger partial charge is 0.301 e. The molecule has 0 aliphatic carbocycles. The molecule has 0 aromatic heterocycles. The molecule has 2 aromatic rings. The average molecular weight is 446 g/mol. The number of rotatable bonds is 11. The molecule has 0 bridgehead atoms. The summed E-state index contributed by atoms with van der Waals surface area (Å²) in [5.41, 5.74) is 2.92. The zero-order valence-corrected chi connectivity index (χ0v) is 16.0. The summed E-state index contributed by atoms with van der Waals surface area (Å²) in [6.07, 6.45) is 3.43. The summed E-state index contributed by atoms with van der Waals surface area (Å²) in [5.74, 6) is 0. The summed E-state index contributed by atoms with van der Waals surface area (Å²) in [4.78, 5) is 40.4. The minimum atomic E-state index is -0.777. The monoisotopic (exact) mass is 446 g/mol. The van der Waals surface area contributed by atoms with E-state index in [-0.39, 0.29) is 11.4 Å². The molecule has 16 heteroatoms. The fourth-order valence-corrected chi connectivity index (χ4v) is 2.27. The van der Waals surface area contributed by atoms with E-state index in [9.17, 15) is 40.5 Å². The normalized spacial score (nSPS) is 10.9. The van der Waals surface area contributed by atoms with Crippen molar-refractivity contribution in [1.82, 2.24) is 0 Å². The van der Waals surface area contributed by atoms with E-state index in [1.54, 1.807) is 0 Å². The van der Waals surface area contributed by atoms with Crippen molar-refractivity contribution in [3.63, 3.8) is 0 Å². The Morgan fingerprint density at radius 2 is 1.03 bits per heavy atom. The van der Waals surface area contributed by atoms with Crippen LogP contribution in [0.4, 0.5) is 34.1 Å². The van der Waals surface area contributed by atoms with Crippen molar-refractivity contribution in [1.29, 1.82) is 0 Å². The highest BCUT2D eigenvalue weighted by atomic mass is 16.6. The van der Waals surface area contributed by atoms with Gasteiger partial charge in [0, 0.05) is 24.6 Å². The van der Waals surface area contributed by atoms with Crippen LogP contribution in [0.25, 0.3) is 0 Å². The number of hydrogen-bond donors (Lipinski definition) is 2. The van der Waals surface area contributed by atoms with Crippen LogP contribution < -0.4 is 10.9 Å². The van der Waals surface area contributed by atoms with E-state index in [1.165, 1.54) is 12.4 Å². The summed E-state index contributed by atoms with van der Waals surface area (Å²) >= 11 is 0. The summed E-state index contributed by atoms with van der Waals surface area (Å²) in [6, 6.07) is 6.15. The van der Waals surface area contributed by atoms with Gasteiger partial charge in [0.05, 0.1) is 31.8 Å². The van der Waals surface area contributed by atoms with Crippen molar-refractivity contribution in [2.75, 3.05) is 10.9 Å². The molecule has 0 saturated carbocycles. The molecule has 0 unspecified atom stereocenters. The van der Waals surface area contributed by atoms with E-state index in [0.717, 1.165) is 36.4 Å². The van der Waals surface area contributed by atoms with E-state index < -0.39 is 42.4 Å². The van der Waals surface area contributed by atoms with Crippen LogP contribution in [0.1, 0.15) is 12.8 Å². The number of anilines is 2. The number of nitro benzene ring substituents is 4. The minimum Gasteiger partial charge on any atom is -0.272 e. The Bertz CT molecular complexity index is 1030. The molecule has 2 N–H and O–H groups in total. The Labute approximate surface area is 177 Å². The number of nitrogens with one attached hydrogen (secondary N) is 2. The molecular formula is C16H14N8O8. The van der Waals surface area contributed by atoms with Gasteiger partial charge >= 0.3 is 11.4 Å². The van der Waals surface area contributed by atoms with Crippen LogP contribution in [-0.4, -0.2) is 32.1 Å². The van der Waals surface area contributed by atoms with Gasteiger partial charge in [0.15, 0.2) is 0 Å². The number of non-ortho nitro benzene ring substituents is 2. The van der Waals surface area contributed by atoms with Gasteiger partial charge in [-0.05, 0) is 25.0 Å². The first-order valence-electron chi connectivity index (χ1n) is 8.61. The number of unbranched alkanes of at least 4 members (excludes halogenated alkanes) is 1. The maximum absolute atomic E-state index is 11.0. The van der Waals surface area contributed by atoms with Gasteiger partial charge < -0.3 is 0 Å². The molecule has 166 valence electrons. The van der Waals surface area contributed by atoms with Crippen LogP contribution in [-0.2, 0) is 0 Å². The van der Waals surface area contributed by atoms with Crippen molar-refractivity contribution >= 4 is 46.6 Å². The smallest absolute Gasteiger partial charge is 0.272 e. The lowest BCUT2D eigenvalue weighted by Crippen LogP contribution is -1.99. The predicted molar refractivity (Wildman–Crippen MR) is 113 cm³/mol. The Balaban J connectivity index is 1.89. The Hall–Kier alpha value is -5.02. The van der Waals surface area contributed by atoms with Crippen molar-refractivity contribution < 1.29 is 19.7 Å². The molecule has 2 aromatic carbocycles. The highest BCUT2D eigenvalue weighted by Gasteiger charge is 2.20. The van der Waals surface area contributed by atoms with Gasteiger partial charge in [-0.15, -0.1) is 0 Å². The van der Waals surface area contributed by atoms with E-state index in [4.69, 9.17) is 0 Å². The molecule has 0 spiro atoms. The van der Waals surface area contributed by atoms with Crippen molar-refractivity contribution in [3.05, 3.63) is 76.9 Å². The molecule has 0 radical (unpaired) electrons. The van der Waals surface area contributed by atoms with Gasteiger partial charge in [-0.3, -0.25) is 51.3 Å². The van der Waals surface area contributed by atoms with E-state index in [0.29, 0.717) is 12.8 Å². The third-order valence-corrected chi connectivity index (χ3v) is 3.76. The van der Waals surface area contributed by atoms with Gasteiger partial charge in [-0.1, -0.05) is 0 Å². The molecule has 0 fully saturated rings. The van der Waals surface area contributed by atoms with E-state index >= 15 is 0 Å². The lowest BCUT2D eigenvalue weighted by molar-refractivity contribution is -0.393. The molecular weight excluding hydrogens is 432 g/mol. The highest BCUT2D eigenvalue weighted by Crippen LogP contribution is 2.29. The fourth-order valence-electron chi connectivity index (χ4n) is 2.27. The van der Waals surface area contributed by atoms with E-state index in [2.05, 4.69) is 21.1 Å². The van der Waals surface area contributed by atoms with Crippen molar-refractivity contribution in [3.8, 4) is 0 Å². The molecule has 2 rings (SSSR count). The molecule has 0 aliphatic heterocycles. The van der Waals surface area contributed by atoms with Crippen LogP contribution in [0.5, 0.6) is 0 Å². The van der Waals surface area contributed by atoms with Crippen molar-refractivity contribution in [2.45, 2.75) is 12.8 Å². The second kappa shape index (κ2) is 10.7. The minimum absolute atomic E-state index is 0.0299. The van der Waals surface area contributed by atoms with Crippen LogP contribution >= 0.6 is 0 Å². The topological polar surface area (TPSA) is 221 Å². The number of benzene rings is 2. The molecule has 16 nitrogen and oxygen atoms in total. The molecule has 32 heavy (non-hydrogen) atoms. The second-order valence-corrected chi connectivity index (χ2v) is 5.86. The van der Waals surface area contributed by atoms with Crippen LogP contribution in [0.2, 0.25) is 0 Å². The quantitative estimate of drug-likeness (QED) is 0.221. The highest BCUT2D eigenvalue weighted by molar-refractivity contribution is 5.71. The summed E-state index contributed by atoms with van der Waals surface area (Å²) in [6.45, 7) is 0. The standard InChI is InChI=1S/C16H14N8O8/c25-21(26)11-3-5-13(15(9-11)23(29)30)19-17-7-1-2-8-18-20-14-6-4-12(22(27)28)10-16(14)24(31)32/h3-10,19-20H,1-2H2. The number of hydrazone groups is 2. The van der Waals surface area contributed by atoms with Gasteiger partial charge in [0.2, 0.25) is 0 Å². The number of nitro groups is 4. The Morgan fingerprint density at radius 1 is 0.656 bits per heavy atom. The Morgan fingerprint density at radius 3 is 1.34 bits per heavy atom. The third-order valence-electron chi connectivity index (χ3n) is 3.76. The zero-order valence-electron chi connectivity index (χ0n) is 16.0. The van der Waals surface area contributed by atoms with Gasteiger partial charge in [0.25, 0.3) is 11.4 Å². The molecule has 0 heterocycles. The summed E-state index contributed by atoms with van der Waals surface area (Å²) in [7, 11) is 0. The maximum Gasteiger partial charge on any atom is 0.301 e. The lowest BCUT2D eigenvalue weighted by Gasteiger charge is -2.02. The summed E-state index contributed by atoms with van der Waals surface area (Å²) < 4.78 is 0. The SMILES string of the molecule is O=[N+]([O-])c1ccc(NN=CCCC=NNc2ccc([N+](=O)[O-])cc2[N+](=O)[O-])c([N+](=O)[O-])c1. The average Bonchev–Trinajstić information content (AvgIpc) is 2.75. The maximum atomic E-state index is 11.0. The van der Waals surface area contributed by atoms with Crippen LogP contribution in [0, 0.1) is 40.5 Å². The molecule has 0 atom stereocenters. The third kappa shape index (κ3) is 6.24. The predicted octanol–water partition coefficient (Wildman–Crippen LogP) is 3.60. The molecule has 0 aliphatic rings. The number of nitrogens with zero attached hydrogens (tertiary/aromatic N) is 6. The first-order valence-corrected chi connectivity index (χ1v) is 8.61. The first kappa shape index (κ1) is 23.3. The lowest BCUT2D eigenvalue weighted by atomic mass is 10.2. The van der Waals surface area contributed by atoms with Crippen LogP contribution in [0.15, 0.2) is 46.6 Å². The van der Waals surface area contributed by atoms with Gasteiger partial charge in [-0.25, -0.2) is 0 Å². The Kier molecular flexibility index (Phi) is 7.76. The zero-order chi connectivity index (χ0) is 23.7. The van der Waals surface area contributed by atoms with Crippen LogP contribution in [0.3, 0.4) is 0 Å².